The number of aromatic nitrogens is 2. The molecule has 1 aliphatic heterocycles. The van der Waals surface area contributed by atoms with Crippen LogP contribution in [0.1, 0.15) is 51.2 Å². The molecular weight excluding hydrogens is 308 g/mol. The summed E-state index contributed by atoms with van der Waals surface area (Å²) in [7, 11) is 1.69. The lowest BCUT2D eigenvalue weighted by molar-refractivity contribution is 0.106. The third-order valence-corrected chi connectivity index (χ3v) is 4.65. The monoisotopic (exact) mass is 338 g/mol. The first-order valence-electron chi connectivity index (χ1n) is 8.79. The summed E-state index contributed by atoms with van der Waals surface area (Å²) < 4.78 is 10.5. The van der Waals surface area contributed by atoms with Crippen molar-refractivity contribution in [3.8, 4) is 0 Å². The van der Waals surface area contributed by atoms with Crippen LogP contribution < -0.4 is 5.32 Å². The molecular formula is C17H30N4O3. The van der Waals surface area contributed by atoms with Crippen LogP contribution in [0.4, 0.5) is 4.79 Å². The fraction of sp³-hybridized carbons (Fsp3) is 0.824. The molecule has 7 heteroatoms. The van der Waals surface area contributed by atoms with E-state index in [9.17, 15) is 4.79 Å². The van der Waals surface area contributed by atoms with Crippen LogP contribution in [0.25, 0.3) is 0 Å². The van der Waals surface area contributed by atoms with Crippen molar-refractivity contribution < 1.29 is 14.1 Å². The number of aryl methyl sites for hydroxylation is 1. The molecule has 136 valence electrons. The molecule has 1 fully saturated rings. The molecule has 24 heavy (non-hydrogen) atoms. The van der Waals surface area contributed by atoms with E-state index in [4.69, 9.17) is 9.26 Å². The van der Waals surface area contributed by atoms with Crippen LogP contribution in [0, 0.1) is 12.8 Å². The predicted molar refractivity (Wildman–Crippen MR) is 90.9 cm³/mol. The summed E-state index contributed by atoms with van der Waals surface area (Å²) in [6.45, 7) is 8.78. The van der Waals surface area contributed by atoms with Crippen LogP contribution in [0.3, 0.4) is 0 Å². The number of hydrogen-bond donors (Lipinski definition) is 1. The highest BCUT2D eigenvalue weighted by atomic mass is 16.5. The van der Waals surface area contributed by atoms with Crippen LogP contribution in [-0.2, 0) is 10.2 Å². The SMILES string of the molecule is COCCC1(c2noc(C)n2)CCCN(C(=O)NCCC(C)C)C1. The van der Waals surface area contributed by atoms with E-state index in [0.717, 1.165) is 32.2 Å². The molecule has 1 unspecified atom stereocenters. The van der Waals surface area contributed by atoms with Gasteiger partial charge in [0.15, 0.2) is 5.82 Å². The van der Waals surface area contributed by atoms with Gasteiger partial charge in [0.05, 0.1) is 5.41 Å². The fourth-order valence-electron chi connectivity index (χ4n) is 3.20. The second-order valence-corrected chi connectivity index (χ2v) is 7.10. The first-order chi connectivity index (χ1) is 11.5. The number of rotatable bonds is 7. The van der Waals surface area contributed by atoms with Gasteiger partial charge in [0.2, 0.25) is 5.89 Å². The average Bonchev–Trinajstić information content (AvgIpc) is 3.00. The Kier molecular flexibility index (Phi) is 6.60. The number of amides is 2. The van der Waals surface area contributed by atoms with Crippen LogP contribution >= 0.6 is 0 Å². The van der Waals surface area contributed by atoms with Gasteiger partial charge in [-0.2, -0.15) is 4.98 Å². The molecule has 2 rings (SSSR count). The zero-order chi connectivity index (χ0) is 17.6. The van der Waals surface area contributed by atoms with Gasteiger partial charge in [-0.15, -0.1) is 0 Å². The van der Waals surface area contributed by atoms with Crippen molar-refractivity contribution in [2.75, 3.05) is 33.4 Å². The van der Waals surface area contributed by atoms with Gasteiger partial charge in [-0.05, 0) is 31.6 Å². The number of ether oxygens (including phenoxy) is 1. The zero-order valence-corrected chi connectivity index (χ0v) is 15.3. The topological polar surface area (TPSA) is 80.5 Å². The smallest absolute Gasteiger partial charge is 0.317 e. The Balaban J connectivity index is 2.07. The number of nitrogens with zero attached hydrogens (tertiary/aromatic N) is 3. The Hall–Kier alpha value is -1.63. The van der Waals surface area contributed by atoms with Crippen molar-refractivity contribution in [2.24, 2.45) is 5.92 Å². The lowest BCUT2D eigenvalue weighted by Crippen LogP contribution is -2.52. The second-order valence-electron chi connectivity index (χ2n) is 7.10. The quantitative estimate of drug-likeness (QED) is 0.826. The highest BCUT2D eigenvalue weighted by molar-refractivity contribution is 5.74. The third-order valence-electron chi connectivity index (χ3n) is 4.65. The molecule has 1 atom stereocenters. The summed E-state index contributed by atoms with van der Waals surface area (Å²) in [5, 5.41) is 7.17. The summed E-state index contributed by atoms with van der Waals surface area (Å²) >= 11 is 0. The summed E-state index contributed by atoms with van der Waals surface area (Å²) in [5.74, 6) is 1.83. The predicted octanol–water partition coefficient (Wildman–Crippen LogP) is 2.50. The van der Waals surface area contributed by atoms with Gasteiger partial charge < -0.3 is 19.5 Å². The number of urea groups is 1. The fourth-order valence-corrected chi connectivity index (χ4v) is 3.20. The maximum atomic E-state index is 12.5. The van der Waals surface area contributed by atoms with Gasteiger partial charge in [-0.1, -0.05) is 19.0 Å². The van der Waals surface area contributed by atoms with E-state index in [1.165, 1.54) is 0 Å². The van der Waals surface area contributed by atoms with E-state index in [-0.39, 0.29) is 11.4 Å². The van der Waals surface area contributed by atoms with E-state index in [1.807, 2.05) is 4.90 Å². The molecule has 0 bridgehead atoms. The van der Waals surface area contributed by atoms with Crippen LogP contribution in [0.5, 0.6) is 0 Å². The van der Waals surface area contributed by atoms with Gasteiger partial charge in [-0.3, -0.25) is 0 Å². The van der Waals surface area contributed by atoms with Crippen molar-refractivity contribution in [3.05, 3.63) is 11.7 Å². The molecule has 0 saturated carbocycles. The highest BCUT2D eigenvalue weighted by Gasteiger charge is 2.42. The highest BCUT2D eigenvalue weighted by Crippen LogP contribution is 2.35. The number of hydrogen-bond acceptors (Lipinski definition) is 5. The van der Waals surface area contributed by atoms with Crippen LogP contribution in [0.15, 0.2) is 4.52 Å². The first-order valence-corrected chi connectivity index (χ1v) is 8.79. The molecule has 2 amide bonds. The number of methoxy groups -OCH3 is 1. The lowest BCUT2D eigenvalue weighted by Gasteiger charge is -2.40. The summed E-state index contributed by atoms with van der Waals surface area (Å²) in [6, 6.07) is -0.00245. The Morgan fingerprint density at radius 2 is 2.29 bits per heavy atom. The summed E-state index contributed by atoms with van der Waals surface area (Å²) in [4.78, 5) is 18.8. The van der Waals surface area contributed by atoms with Crippen molar-refractivity contribution in [2.45, 2.75) is 51.9 Å². The molecule has 1 aromatic rings. The number of carbonyl (C=O) groups is 1. The lowest BCUT2D eigenvalue weighted by atomic mass is 9.76. The standard InChI is InChI=1S/C17H30N4O3/c1-13(2)6-9-18-16(22)21-10-5-7-17(12-21,8-11-23-4)15-19-14(3)24-20-15/h13H,5-12H2,1-4H3,(H,18,22). The molecule has 1 saturated heterocycles. The molecule has 1 N–H and O–H groups in total. The van der Waals surface area contributed by atoms with E-state index < -0.39 is 0 Å². The Morgan fingerprint density at radius 3 is 2.92 bits per heavy atom. The number of likely N-dealkylation sites (tertiary alicyclic amines) is 1. The van der Waals surface area contributed by atoms with Crippen LogP contribution in [0.2, 0.25) is 0 Å². The van der Waals surface area contributed by atoms with Crippen molar-refractivity contribution in [1.82, 2.24) is 20.4 Å². The van der Waals surface area contributed by atoms with E-state index in [2.05, 4.69) is 29.3 Å². The molecule has 0 radical (unpaired) electrons. The molecule has 0 spiro atoms. The van der Waals surface area contributed by atoms with E-state index >= 15 is 0 Å². The van der Waals surface area contributed by atoms with E-state index in [1.54, 1.807) is 14.0 Å². The van der Waals surface area contributed by atoms with Gasteiger partial charge >= 0.3 is 6.03 Å². The Morgan fingerprint density at radius 1 is 1.50 bits per heavy atom. The first kappa shape index (κ1) is 18.7. The Bertz CT molecular complexity index is 532. The van der Waals surface area contributed by atoms with Gasteiger partial charge in [0.25, 0.3) is 0 Å². The van der Waals surface area contributed by atoms with Gasteiger partial charge in [0, 0.05) is 40.3 Å². The van der Waals surface area contributed by atoms with Crippen molar-refractivity contribution >= 4 is 6.03 Å². The molecule has 0 aliphatic carbocycles. The number of carbonyl (C=O) groups excluding carboxylic acids is 1. The molecule has 2 heterocycles. The van der Waals surface area contributed by atoms with E-state index in [0.29, 0.717) is 37.3 Å². The molecule has 1 aromatic heterocycles. The molecule has 7 nitrogen and oxygen atoms in total. The van der Waals surface area contributed by atoms with Crippen molar-refractivity contribution in [1.29, 1.82) is 0 Å². The minimum absolute atomic E-state index is 0.00245. The average molecular weight is 338 g/mol. The van der Waals surface area contributed by atoms with Gasteiger partial charge in [-0.25, -0.2) is 4.79 Å². The summed E-state index contributed by atoms with van der Waals surface area (Å²) in [6.07, 6.45) is 3.62. The largest absolute Gasteiger partial charge is 0.385 e. The minimum Gasteiger partial charge on any atom is -0.385 e. The number of nitrogens with one attached hydrogen (secondary N) is 1. The normalized spacial score (nSPS) is 21.3. The second kappa shape index (κ2) is 8.46. The summed E-state index contributed by atoms with van der Waals surface area (Å²) in [5.41, 5.74) is -0.290. The maximum Gasteiger partial charge on any atom is 0.317 e. The zero-order valence-electron chi connectivity index (χ0n) is 15.3. The minimum atomic E-state index is -0.290. The maximum absolute atomic E-state index is 12.5. The van der Waals surface area contributed by atoms with Crippen molar-refractivity contribution in [3.63, 3.8) is 0 Å². The number of piperidine rings is 1. The van der Waals surface area contributed by atoms with Gasteiger partial charge in [0.1, 0.15) is 0 Å². The van der Waals surface area contributed by atoms with Crippen LogP contribution in [-0.4, -0.2) is 54.4 Å². The Labute approximate surface area is 144 Å². The molecule has 0 aromatic carbocycles. The molecule has 1 aliphatic rings. The third kappa shape index (κ3) is 4.69.